The molecule has 0 aliphatic heterocycles. The maximum absolute atomic E-state index is 12.3. The molecule has 0 bridgehead atoms. The van der Waals surface area contributed by atoms with Crippen LogP contribution in [0.4, 0.5) is 22.7 Å². The van der Waals surface area contributed by atoms with E-state index in [0.717, 1.165) is 5.56 Å². The molecular formula is C23H26N4O3. The first-order chi connectivity index (χ1) is 14.3. The molecule has 0 saturated carbocycles. The lowest BCUT2D eigenvalue weighted by Crippen LogP contribution is -2.13. The molecule has 0 radical (unpaired) electrons. The highest BCUT2D eigenvalue weighted by atomic mass is 16.5. The number of rotatable bonds is 4. The summed E-state index contributed by atoms with van der Waals surface area (Å²) in [6, 6.07) is 16.3. The standard InChI is InChI=1S/C21H20N4O3.C2H6/c1-12-2-4-13(5-3-12)20(26)25-17-6-7-19(18(24)11-17)28-21(27)14-8-15(22)10-16(23)9-14;1-2/h2-11H,22-24H2,1H3,(H,25,26);1-2H3. The van der Waals surface area contributed by atoms with Crippen LogP contribution in [0.15, 0.2) is 60.7 Å². The van der Waals surface area contributed by atoms with E-state index in [1.54, 1.807) is 18.2 Å². The third kappa shape index (κ3) is 5.75. The predicted octanol–water partition coefficient (Wildman–Crippen LogP) is 4.24. The van der Waals surface area contributed by atoms with Crippen molar-refractivity contribution in [2.75, 3.05) is 22.5 Å². The number of esters is 1. The Morgan fingerprint density at radius 1 is 0.800 bits per heavy atom. The Hall–Kier alpha value is -4.00. The number of amides is 1. The number of hydrogen-bond donors (Lipinski definition) is 4. The maximum Gasteiger partial charge on any atom is 0.343 e. The highest BCUT2D eigenvalue weighted by Crippen LogP contribution is 2.27. The number of benzene rings is 3. The Morgan fingerprint density at radius 2 is 1.40 bits per heavy atom. The first kappa shape index (κ1) is 22.3. The van der Waals surface area contributed by atoms with Crippen molar-refractivity contribution in [3.8, 4) is 5.75 Å². The fourth-order valence-electron chi connectivity index (χ4n) is 2.58. The van der Waals surface area contributed by atoms with Gasteiger partial charge in [0.2, 0.25) is 0 Å². The molecule has 1 amide bonds. The Bertz CT molecular complexity index is 1030. The largest absolute Gasteiger partial charge is 0.421 e. The molecular weight excluding hydrogens is 380 g/mol. The number of nitrogens with one attached hydrogen (secondary N) is 1. The van der Waals surface area contributed by atoms with Crippen molar-refractivity contribution in [1.29, 1.82) is 0 Å². The zero-order chi connectivity index (χ0) is 22.3. The average molecular weight is 406 g/mol. The number of carbonyl (C=O) groups is 2. The summed E-state index contributed by atoms with van der Waals surface area (Å²) in [5, 5.41) is 2.75. The predicted molar refractivity (Wildman–Crippen MR) is 122 cm³/mol. The zero-order valence-electron chi connectivity index (χ0n) is 17.2. The summed E-state index contributed by atoms with van der Waals surface area (Å²) in [4.78, 5) is 24.6. The number of hydrogen-bond acceptors (Lipinski definition) is 6. The lowest BCUT2D eigenvalue weighted by atomic mass is 10.1. The summed E-state index contributed by atoms with van der Waals surface area (Å²) >= 11 is 0. The van der Waals surface area contributed by atoms with Crippen molar-refractivity contribution in [3.05, 3.63) is 77.4 Å². The summed E-state index contributed by atoms with van der Waals surface area (Å²) in [5.41, 5.74) is 20.5. The molecule has 3 rings (SSSR count). The number of nitrogens with two attached hydrogens (primary N) is 3. The van der Waals surface area contributed by atoms with Crippen LogP contribution < -0.4 is 27.3 Å². The molecule has 156 valence electrons. The van der Waals surface area contributed by atoms with Crippen molar-refractivity contribution in [1.82, 2.24) is 0 Å². The van der Waals surface area contributed by atoms with Gasteiger partial charge in [-0.3, -0.25) is 4.79 Å². The molecule has 7 nitrogen and oxygen atoms in total. The molecule has 3 aromatic carbocycles. The van der Waals surface area contributed by atoms with E-state index in [1.165, 1.54) is 30.3 Å². The molecule has 0 aliphatic carbocycles. The van der Waals surface area contributed by atoms with E-state index in [2.05, 4.69) is 5.32 Å². The van der Waals surface area contributed by atoms with E-state index >= 15 is 0 Å². The van der Waals surface area contributed by atoms with Crippen molar-refractivity contribution in [3.63, 3.8) is 0 Å². The molecule has 7 N–H and O–H groups in total. The highest BCUT2D eigenvalue weighted by Gasteiger charge is 2.13. The van der Waals surface area contributed by atoms with Gasteiger partial charge in [0.1, 0.15) is 0 Å². The summed E-state index contributed by atoms with van der Waals surface area (Å²) in [6.07, 6.45) is 0. The van der Waals surface area contributed by atoms with Gasteiger partial charge in [0.25, 0.3) is 5.91 Å². The van der Waals surface area contributed by atoms with Crippen molar-refractivity contribution in [2.45, 2.75) is 20.8 Å². The Morgan fingerprint density at radius 3 is 1.97 bits per heavy atom. The quantitative estimate of drug-likeness (QED) is 0.291. The van der Waals surface area contributed by atoms with Crippen molar-refractivity contribution < 1.29 is 14.3 Å². The Labute approximate surface area is 175 Å². The van der Waals surface area contributed by atoms with E-state index in [4.69, 9.17) is 21.9 Å². The fraction of sp³-hybridized carbons (Fsp3) is 0.130. The number of anilines is 4. The van der Waals surface area contributed by atoms with Crippen LogP contribution in [0.3, 0.4) is 0 Å². The normalized spacial score (nSPS) is 9.83. The summed E-state index contributed by atoms with van der Waals surface area (Å²) in [7, 11) is 0. The molecule has 0 heterocycles. The van der Waals surface area contributed by atoms with Crippen molar-refractivity contribution in [2.24, 2.45) is 0 Å². The van der Waals surface area contributed by atoms with Gasteiger partial charge in [0.05, 0.1) is 11.3 Å². The highest BCUT2D eigenvalue weighted by molar-refractivity contribution is 6.04. The van der Waals surface area contributed by atoms with E-state index in [9.17, 15) is 9.59 Å². The molecule has 0 spiro atoms. The fourth-order valence-corrected chi connectivity index (χ4v) is 2.58. The molecule has 0 saturated heterocycles. The van der Waals surface area contributed by atoms with Gasteiger partial charge < -0.3 is 27.3 Å². The molecule has 0 aliphatic rings. The van der Waals surface area contributed by atoms with E-state index in [0.29, 0.717) is 22.6 Å². The number of ether oxygens (including phenoxy) is 1. The number of nitrogen functional groups attached to an aromatic ring is 3. The van der Waals surface area contributed by atoms with E-state index in [1.807, 2.05) is 32.9 Å². The number of aryl methyl sites for hydroxylation is 1. The SMILES string of the molecule is CC.Cc1ccc(C(=O)Nc2ccc(OC(=O)c3cc(N)cc(N)c3)c(N)c2)cc1. The second kappa shape index (κ2) is 9.97. The minimum Gasteiger partial charge on any atom is -0.421 e. The Balaban J connectivity index is 0.00000155. The molecule has 7 heteroatoms. The minimum atomic E-state index is -0.637. The van der Waals surface area contributed by atoms with Crippen LogP contribution in [0.25, 0.3) is 0 Å². The first-order valence-corrected chi connectivity index (χ1v) is 9.47. The third-order valence-corrected chi connectivity index (χ3v) is 4.00. The molecule has 0 unspecified atom stereocenters. The summed E-state index contributed by atoms with van der Waals surface area (Å²) in [6.45, 7) is 5.94. The van der Waals surface area contributed by atoms with Crippen LogP contribution in [-0.2, 0) is 0 Å². The van der Waals surface area contributed by atoms with Crippen LogP contribution >= 0.6 is 0 Å². The van der Waals surface area contributed by atoms with Crippen LogP contribution in [0.1, 0.15) is 40.1 Å². The van der Waals surface area contributed by atoms with Gasteiger partial charge in [0.15, 0.2) is 5.75 Å². The molecule has 0 fully saturated rings. The van der Waals surface area contributed by atoms with Gasteiger partial charge >= 0.3 is 5.97 Å². The Kier molecular flexibility index (Phi) is 7.41. The average Bonchev–Trinajstić information content (AvgIpc) is 2.71. The molecule has 0 aromatic heterocycles. The summed E-state index contributed by atoms with van der Waals surface area (Å²) in [5.74, 6) is -0.735. The summed E-state index contributed by atoms with van der Waals surface area (Å²) < 4.78 is 5.31. The van der Waals surface area contributed by atoms with Gasteiger partial charge in [-0.1, -0.05) is 31.5 Å². The van der Waals surface area contributed by atoms with Crippen LogP contribution in [0.5, 0.6) is 5.75 Å². The first-order valence-electron chi connectivity index (χ1n) is 9.47. The van der Waals surface area contributed by atoms with E-state index in [-0.39, 0.29) is 22.9 Å². The molecule has 0 atom stereocenters. The third-order valence-electron chi connectivity index (χ3n) is 4.00. The van der Waals surface area contributed by atoms with Gasteiger partial charge in [-0.15, -0.1) is 0 Å². The number of carbonyl (C=O) groups excluding carboxylic acids is 2. The minimum absolute atomic E-state index is 0.166. The van der Waals surface area contributed by atoms with Gasteiger partial charge in [-0.05, 0) is 55.5 Å². The maximum atomic E-state index is 12.3. The van der Waals surface area contributed by atoms with Crippen LogP contribution in [-0.4, -0.2) is 11.9 Å². The smallest absolute Gasteiger partial charge is 0.343 e. The monoisotopic (exact) mass is 406 g/mol. The molecule has 30 heavy (non-hydrogen) atoms. The zero-order valence-corrected chi connectivity index (χ0v) is 17.2. The van der Waals surface area contributed by atoms with Crippen LogP contribution in [0, 0.1) is 6.92 Å². The van der Waals surface area contributed by atoms with Gasteiger partial charge in [-0.25, -0.2) is 4.79 Å². The topological polar surface area (TPSA) is 133 Å². The second-order valence-corrected chi connectivity index (χ2v) is 6.35. The second-order valence-electron chi connectivity index (χ2n) is 6.35. The molecule has 3 aromatic rings. The lowest BCUT2D eigenvalue weighted by molar-refractivity contribution is 0.0735. The van der Waals surface area contributed by atoms with E-state index < -0.39 is 5.97 Å². The van der Waals surface area contributed by atoms with Gasteiger partial charge in [-0.2, -0.15) is 0 Å². The van der Waals surface area contributed by atoms with Crippen molar-refractivity contribution >= 4 is 34.6 Å². The van der Waals surface area contributed by atoms with Crippen LogP contribution in [0.2, 0.25) is 0 Å². The lowest BCUT2D eigenvalue weighted by Gasteiger charge is -2.11. The van der Waals surface area contributed by atoms with Gasteiger partial charge in [0, 0.05) is 22.6 Å².